The summed E-state index contributed by atoms with van der Waals surface area (Å²) in [5.74, 6) is 0. The van der Waals surface area contributed by atoms with Crippen LogP contribution >= 0.6 is 22.9 Å². The SMILES string of the molecule is CCCNC(c1ccc(CCC)cc1)c1sccc1Cl. The maximum Gasteiger partial charge on any atom is 0.0686 e. The number of halogens is 1. The van der Waals surface area contributed by atoms with Crippen molar-refractivity contribution in [2.45, 2.75) is 39.2 Å². The van der Waals surface area contributed by atoms with Crippen LogP contribution in [0.15, 0.2) is 35.7 Å². The molecule has 1 aromatic heterocycles. The van der Waals surface area contributed by atoms with Crippen LogP contribution in [0, 0.1) is 0 Å². The quantitative estimate of drug-likeness (QED) is 0.718. The highest BCUT2D eigenvalue weighted by atomic mass is 35.5. The zero-order valence-electron chi connectivity index (χ0n) is 12.2. The predicted molar refractivity (Wildman–Crippen MR) is 89.9 cm³/mol. The maximum absolute atomic E-state index is 6.31. The van der Waals surface area contributed by atoms with E-state index in [0.29, 0.717) is 0 Å². The van der Waals surface area contributed by atoms with Crippen molar-refractivity contribution in [3.63, 3.8) is 0 Å². The highest BCUT2D eigenvalue weighted by Gasteiger charge is 2.17. The third-order valence-corrected chi connectivity index (χ3v) is 4.78. The molecule has 3 heteroatoms. The number of thiophene rings is 1. The number of rotatable bonds is 7. The average Bonchev–Trinajstić information content (AvgIpc) is 2.88. The molecule has 20 heavy (non-hydrogen) atoms. The van der Waals surface area contributed by atoms with Crippen molar-refractivity contribution in [3.05, 3.63) is 56.7 Å². The lowest BCUT2D eigenvalue weighted by molar-refractivity contribution is 0.606. The van der Waals surface area contributed by atoms with Gasteiger partial charge >= 0.3 is 0 Å². The Kier molecular flexibility index (Phi) is 6.08. The predicted octanol–water partition coefficient (Wildman–Crippen LogP) is 5.44. The van der Waals surface area contributed by atoms with Crippen LogP contribution < -0.4 is 5.32 Å². The Morgan fingerprint density at radius 2 is 1.85 bits per heavy atom. The van der Waals surface area contributed by atoms with Crippen molar-refractivity contribution in [1.82, 2.24) is 5.32 Å². The zero-order chi connectivity index (χ0) is 14.4. The Balaban J connectivity index is 2.24. The molecule has 0 spiro atoms. The van der Waals surface area contributed by atoms with Gasteiger partial charge in [0.1, 0.15) is 0 Å². The van der Waals surface area contributed by atoms with Crippen LogP contribution in [-0.2, 0) is 6.42 Å². The number of hydrogen-bond acceptors (Lipinski definition) is 2. The van der Waals surface area contributed by atoms with Gasteiger partial charge in [0.15, 0.2) is 0 Å². The minimum Gasteiger partial charge on any atom is -0.306 e. The lowest BCUT2D eigenvalue weighted by Gasteiger charge is -2.19. The Morgan fingerprint density at radius 3 is 2.40 bits per heavy atom. The first-order valence-corrected chi connectivity index (χ1v) is 8.57. The lowest BCUT2D eigenvalue weighted by Crippen LogP contribution is -2.22. The third kappa shape index (κ3) is 3.85. The van der Waals surface area contributed by atoms with Gasteiger partial charge in [0.2, 0.25) is 0 Å². The number of aryl methyl sites for hydroxylation is 1. The minimum absolute atomic E-state index is 0.207. The Labute approximate surface area is 131 Å². The summed E-state index contributed by atoms with van der Waals surface area (Å²) < 4.78 is 0. The van der Waals surface area contributed by atoms with Gasteiger partial charge in [0.25, 0.3) is 0 Å². The van der Waals surface area contributed by atoms with Crippen molar-refractivity contribution in [1.29, 1.82) is 0 Å². The molecule has 1 unspecified atom stereocenters. The van der Waals surface area contributed by atoms with Crippen molar-refractivity contribution in [2.75, 3.05) is 6.54 Å². The van der Waals surface area contributed by atoms with E-state index in [2.05, 4.69) is 48.8 Å². The van der Waals surface area contributed by atoms with Gasteiger partial charge in [-0.15, -0.1) is 11.3 Å². The molecule has 0 amide bonds. The monoisotopic (exact) mass is 307 g/mol. The fraction of sp³-hybridized carbons (Fsp3) is 0.412. The molecule has 2 aromatic rings. The molecule has 0 aliphatic carbocycles. The maximum atomic E-state index is 6.31. The standard InChI is InChI=1S/C17H22ClNS/c1-3-5-13-6-8-14(9-7-13)16(19-11-4-2)17-15(18)10-12-20-17/h6-10,12,16,19H,3-5,11H2,1-2H3. The van der Waals surface area contributed by atoms with Gasteiger partial charge in [0.05, 0.1) is 11.1 Å². The van der Waals surface area contributed by atoms with E-state index < -0.39 is 0 Å². The first-order chi connectivity index (χ1) is 9.76. The number of hydrogen-bond donors (Lipinski definition) is 1. The summed E-state index contributed by atoms with van der Waals surface area (Å²) in [6, 6.07) is 11.1. The van der Waals surface area contributed by atoms with E-state index in [4.69, 9.17) is 11.6 Å². The molecule has 0 fully saturated rings. The van der Waals surface area contributed by atoms with Crippen molar-refractivity contribution < 1.29 is 0 Å². The molecule has 0 saturated heterocycles. The molecular weight excluding hydrogens is 286 g/mol. The number of benzene rings is 1. The van der Waals surface area contributed by atoms with Crippen LogP contribution in [-0.4, -0.2) is 6.54 Å². The van der Waals surface area contributed by atoms with E-state index in [1.165, 1.54) is 22.4 Å². The van der Waals surface area contributed by atoms with Crippen molar-refractivity contribution in [3.8, 4) is 0 Å². The van der Waals surface area contributed by atoms with Crippen LogP contribution in [0.4, 0.5) is 0 Å². The summed E-state index contributed by atoms with van der Waals surface area (Å²) in [7, 11) is 0. The fourth-order valence-corrected chi connectivity index (χ4v) is 3.59. The lowest BCUT2D eigenvalue weighted by atomic mass is 10.0. The Morgan fingerprint density at radius 1 is 1.10 bits per heavy atom. The minimum atomic E-state index is 0.207. The molecular formula is C17H22ClNS. The van der Waals surface area contributed by atoms with Crippen LogP contribution in [0.5, 0.6) is 0 Å². The van der Waals surface area contributed by atoms with E-state index in [1.807, 2.05) is 6.07 Å². The summed E-state index contributed by atoms with van der Waals surface area (Å²) in [4.78, 5) is 1.21. The van der Waals surface area contributed by atoms with Crippen molar-refractivity contribution in [2.24, 2.45) is 0 Å². The third-order valence-electron chi connectivity index (χ3n) is 3.36. The van der Waals surface area contributed by atoms with Crippen LogP contribution in [0.1, 0.15) is 48.7 Å². The summed E-state index contributed by atoms with van der Waals surface area (Å²) >= 11 is 8.04. The second-order valence-corrected chi connectivity index (χ2v) is 6.37. The molecule has 1 atom stereocenters. The molecule has 1 N–H and O–H groups in total. The van der Waals surface area contributed by atoms with E-state index in [1.54, 1.807) is 11.3 Å². The summed E-state index contributed by atoms with van der Waals surface area (Å²) in [6.45, 7) is 5.39. The summed E-state index contributed by atoms with van der Waals surface area (Å²) in [5, 5.41) is 6.53. The second kappa shape index (κ2) is 7.82. The van der Waals surface area contributed by atoms with Gasteiger partial charge in [-0.3, -0.25) is 0 Å². The van der Waals surface area contributed by atoms with Gasteiger partial charge in [0, 0.05) is 4.88 Å². The summed E-state index contributed by atoms with van der Waals surface area (Å²) in [5.41, 5.74) is 2.70. The van der Waals surface area contributed by atoms with Crippen molar-refractivity contribution >= 4 is 22.9 Å². The van der Waals surface area contributed by atoms with Gasteiger partial charge in [-0.2, -0.15) is 0 Å². The number of nitrogens with one attached hydrogen (secondary N) is 1. The fourth-order valence-electron chi connectivity index (χ4n) is 2.33. The molecule has 0 saturated carbocycles. The smallest absolute Gasteiger partial charge is 0.0686 e. The van der Waals surface area contributed by atoms with Crippen LogP contribution in [0.25, 0.3) is 0 Å². The van der Waals surface area contributed by atoms with Gasteiger partial charge in [-0.25, -0.2) is 0 Å². The Hall–Kier alpha value is -0.830. The topological polar surface area (TPSA) is 12.0 Å². The molecule has 1 heterocycles. The molecule has 1 nitrogen and oxygen atoms in total. The Bertz CT molecular complexity index is 518. The van der Waals surface area contributed by atoms with Gasteiger partial charge in [-0.05, 0) is 42.0 Å². The largest absolute Gasteiger partial charge is 0.306 e. The highest BCUT2D eigenvalue weighted by molar-refractivity contribution is 7.10. The van der Waals surface area contributed by atoms with Gasteiger partial charge < -0.3 is 5.32 Å². The van der Waals surface area contributed by atoms with Crippen LogP contribution in [0.2, 0.25) is 5.02 Å². The van der Waals surface area contributed by atoms with Crippen LogP contribution in [0.3, 0.4) is 0 Å². The first-order valence-electron chi connectivity index (χ1n) is 7.31. The van der Waals surface area contributed by atoms with E-state index in [-0.39, 0.29) is 6.04 Å². The molecule has 108 valence electrons. The molecule has 0 radical (unpaired) electrons. The highest BCUT2D eigenvalue weighted by Crippen LogP contribution is 2.33. The molecule has 0 aliphatic heterocycles. The molecule has 0 bridgehead atoms. The molecule has 1 aromatic carbocycles. The molecule has 2 rings (SSSR count). The average molecular weight is 308 g/mol. The van der Waals surface area contributed by atoms with Gasteiger partial charge in [-0.1, -0.05) is 56.1 Å². The second-order valence-electron chi connectivity index (χ2n) is 5.01. The zero-order valence-corrected chi connectivity index (χ0v) is 13.7. The normalized spacial score (nSPS) is 12.6. The summed E-state index contributed by atoms with van der Waals surface area (Å²) in [6.07, 6.45) is 3.45. The van der Waals surface area contributed by atoms with E-state index in [9.17, 15) is 0 Å². The molecule has 0 aliphatic rings. The van der Waals surface area contributed by atoms with E-state index in [0.717, 1.165) is 24.4 Å². The van der Waals surface area contributed by atoms with E-state index >= 15 is 0 Å². The first kappa shape index (κ1) is 15.6.